The van der Waals surface area contributed by atoms with E-state index >= 15 is 0 Å². The van der Waals surface area contributed by atoms with Crippen molar-refractivity contribution in [1.82, 2.24) is 20.0 Å². The van der Waals surface area contributed by atoms with Crippen LogP contribution < -0.4 is 10.6 Å². The molecule has 11 heteroatoms. The topological polar surface area (TPSA) is 75.3 Å². The zero-order chi connectivity index (χ0) is 28.5. The van der Waals surface area contributed by atoms with E-state index in [1.807, 2.05) is 31.2 Å². The van der Waals surface area contributed by atoms with Crippen LogP contribution in [0.5, 0.6) is 0 Å². The number of carbonyl (C=O) groups excluding carboxylic acids is 1. The van der Waals surface area contributed by atoms with Gasteiger partial charge < -0.3 is 15.1 Å². The zero-order valence-corrected chi connectivity index (χ0v) is 24.4. The summed E-state index contributed by atoms with van der Waals surface area (Å²) in [6.45, 7) is 7.06. The molecule has 1 aliphatic rings. The third kappa shape index (κ3) is 6.50. The van der Waals surface area contributed by atoms with E-state index in [4.69, 9.17) is 16.0 Å². The smallest absolute Gasteiger partial charge is 0.276 e. The molecule has 218 valence electrons. The first kappa shape index (κ1) is 29.7. The Bertz CT molecular complexity index is 1730. The third-order valence-electron chi connectivity index (χ3n) is 7.22. The molecule has 0 atom stereocenters. The summed E-state index contributed by atoms with van der Waals surface area (Å²) in [5, 5.41) is 12.0. The van der Waals surface area contributed by atoms with Crippen LogP contribution in [0.3, 0.4) is 0 Å². The first-order valence-electron chi connectivity index (χ1n) is 13.4. The molecule has 1 amide bonds. The Morgan fingerprint density at radius 1 is 1.02 bits per heavy atom. The van der Waals surface area contributed by atoms with Crippen molar-refractivity contribution in [2.75, 3.05) is 31.5 Å². The van der Waals surface area contributed by atoms with Crippen LogP contribution in [0.15, 0.2) is 71.1 Å². The summed E-state index contributed by atoms with van der Waals surface area (Å²) in [5.41, 5.74) is 4.30. The number of anilines is 1. The molecule has 2 aromatic heterocycles. The highest BCUT2D eigenvalue weighted by Crippen LogP contribution is 2.34. The number of amides is 1. The Balaban J connectivity index is 0.00000353. The van der Waals surface area contributed by atoms with Gasteiger partial charge >= 0.3 is 0 Å². The molecule has 0 radical (unpaired) electrons. The van der Waals surface area contributed by atoms with E-state index < -0.39 is 11.6 Å². The van der Waals surface area contributed by atoms with Crippen LogP contribution in [0.25, 0.3) is 22.3 Å². The average molecular weight is 613 g/mol. The van der Waals surface area contributed by atoms with E-state index in [1.54, 1.807) is 28.9 Å². The quantitative estimate of drug-likeness (QED) is 0.215. The van der Waals surface area contributed by atoms with Crippen LogP contribution in [0.1, 0.15) is 27.3 Å². The Labute approximate surface area is 252 Å². The van der Waals surface area contributed by atoms with Crippen molar-refractivity contribution in [3.8, 4) is 11.3 Å². The second kappa shape index (κ2) is 12.6. The Morgan fingerprint density at radius 3 is 2.52 bits per heavy atom. The maximum atomic E-state index is 14.4. The Kier molecular flexibility index (Phi) is 8.93. The van der Waals surface area contributed by atoms with Gasteiger partial charge in [0.25, 0.3) is 5.91 Å². The van der Waals surface area contributed by atoms with E-state index in [0.29, 0.717) is 27.2 Å². The largest absolute Gasteiger partial charge is 0.456 e. The lowest BCUT2D eigenvalue weighted by Gasteiger charge is -2.27. The van der Waals surface area contributed by atoms with Crippen molar-refractivity contribution in [3.05, 3.63) is 106 Å². The van der Waals surface area contributed by atoms with Gasteiger partial charge in [-0.05, 0) is 61.0 Å². The minimum atomic E-state index is -0.718. The molecule has 1 fully saturated rings. The van der Waals surface area contributed by atoms with Crippen molar-refractivity contribution in [3.63, 3.8) is 0 Å². The van der Waals surface area contributed by atoms with Gasteiger partial charge in [-0.15, -0.1) is 12.4 Å². The van der Waals surface area contributed by atoms with Gasteiger partial charge in [0.05, 0.1) is 12.1 Å². The number of furan rings is 1. The number of benzene rings is 3. The highest BCUT2D eigenvalue weighted by Gasteiger charge is 2.18. The third-order valence-corrected chi connectivity index (χ3v) is 7.43. The molecule has 3 aromatic carbocycles. The molecule has 1 saturated heterocycles. The molecule has 1 aliphatic heterocycles. The fourth-order valence-corrected chi connectivity index (χ4v) is 5.33. The molecular formula is C31H29Cl2F2N5O2. The summed E-state index contributed by atoms with van der Waals surface area (Å²) in [6.07, 6.45) is 0. The summed E-state index contributed by atoms with van der Waals surface area (Å²) >= 11 is 6.38. The first-order valence-corrected chi connectivity index (χ1v) is 13.8. The van der Waals surface area contributed by atoms with Crippen molar-refractivity contribution < 1.29 is 18.0 Å². The number of rotatable bonds is 7. The normalized spacial score (nSPS) is 13.7. The number of halogens is 4. The van der Waals surface area contributed by atoms with Crippen molar-refractivity contribution in [2.45, 2.75) is 20.0 Å². The fourth-order valence-electron chi connectivity index (χ4n) is 5.08. The maximum absolute atomic E-state index is 14.4. The Hall–Kier alpha value is -3.76. The van der Waals surface area contributed by atoms with Crippen LogP contribution in [0, 0.1) is 18.6 Å². The first-order chi connectivity index (χ1) is 19.8. The number of fused-ring (bicyclic) bond motifs is 1. The highest BCUT2D eigenvalue weighted by atomic mass is 35.5. The summed E-state index contributed by atoms with van der Waals surface area (Å²) < 4.78 is 35.5. The molecule has 6 rings (SSSR count). The molecule has 5 aromatic rings. The summed E-state index contributed by atoms with van der Waals surface area (Å²) in [5.74, 6) is -1.44. The number of hydrogen-bond donors (Lipinski definition) is 2. The van der Waals surface area contributed by atoms with Gasteiger partial charge in [-0.3, -0.25) is 14.4 Å². The predicted molar refractivity (Wildman–Crippen MR) is 162 cm³/mol. The maximum Gasteiger partial charge on any atom is 0.276 e. The lowest BCUT2D eigenvalue weighted by Crippen LogP contribution is -2.42. The standard InChI is InChI=1S/C31H28ClF2N5O2.ClH/c1-19-12-28(31(40)36-25-5-2-20(3-6-25)17-38-10-8-35-9-11-38)37-39(19)18-22-14-23(32)13-21-15-29(41-30(21)22)26-7-4-24(33)16-27(26)34;/h2-7,12-16,35H,8-11,17-18H2,1H3,(H,36,40);1H. The fraction of sp³-hybridized carbons (Fsp3) is 0.226. The van der Waals surface area contributed by atoms with Gasteiger partial charge in [-0.1, -0.05) is 23.7 Å². The van der Waals surface area contributed by atoms with Gasteiger partial charge in [0.15, 0.2) is 5.69 Å². The van der Waals surface area contributed by atoms with Crippen LogP contribution in [-0.2, 0) is 13.1 Å². The molecule has 0 bridgehead atoms. The van der Waals surface area contributed by atoms with Crippen molar-refractivity contribution in [2.24, 2.45) is 0 Å². The SMILES string of the molecule is Cc1cc(C(=O)Nc2ccc(CN3CCNCC3)cc2)nn1Cc1cc(Cl)cc2cc(-c3ccc(F)cc3F)oc12.Cl. The Morgan fingerprint density at radius 2 is 1.79 bits per heavy atom. The predicted octanol–water partition coefficient (Wildman–Crippen LogP) is 6.66. The van der Waals surface area contributed by atoms with Gasteiger partial charge in [0, 0.05) is 66.1 Å². The van der Waals surface area contributed by atoms with Crippen LogP contribution >= 0.6 is 24.0 Å². The van der Waals surface area contributed by atoms with E-state index in [-0.39, 0.29) is 41.9 Å². The molecule has 0 spiro atoms. The van der Waals surface area contributed by atoms with Crippen LogP contribution in [0.4, 0.5) is 14.5 Å². The second-order valence-corrected chi connectivity index (χ2v) is 10.7. The lowest BCUT2D eigenvalue weighted by atomic mass is 10.1. The van der Waals surface area contributed by atoms with Gasteiger partial charge in [-0.2, -0.15) is 5.10 Å². The zero-order valence-electron chi connectivity index (χ0n) is 22.8. The van der Waals surface area contributed by atoms with E-state index in [1.165, 1.54) is 17.7 Å². The van der Waals surface area contributed by atoms with Gasteiger partial charge in [0.1, 0.15) is 23.0 Å². The summed E-state index contributed by atoms with van der Waals surface area (Å²) in [6, 6.07) is 18.1. The highest BCUT2D eigenvalue weighted by molar-refractivity contribution is 6.31. The van der Waals surface area contributed by atoms with E-state index in [9.17, 15) is 13.6 Å². The number of nitrogens with zero attached hydrogens (tertiary/aromatic N) is 3. The minimum absolute atomic E-state index is 0. The molecule has 0 saturated carbocycles. The van der Waals surface area contributed by atoms with Gasteiger partial charge in [-0.25, -0.2) is 8.78 Å². The summed E-state index contributed by atoms with van der Waals surface area (Å²) in [7, 11) is 0. The summed E-state index contributed by atoms with van der Waals surface area (Å²) in [4.78, 5) is 15.4. The molecule has 3 heterocycles. The molecule has 42 heavy (non-hydrogen) atoms. The number of piperazine rings is 1. The van der Waals surface area contributed by atoms with Crippen molar-refractivity contribution >= 4 is 46.6 Å². The average Bonchev–Trinajstić information content (AvgIpc) is 3.54. The molecule has 0 unspecified atom stereocenters. The number of nitrogens with one attached hydrogen (secondary N) is 2. The lowest BCUT2D eigenvalue weighted by molar-refractivity contribution is 0.102. The molecule has 0 aliphatic carbocycles. The second-order valence-electron chi connectivity index (χ2n) is 10.2. The number of hydrogen-bond acceptors (Lipinski definition) is 5. The number of aryl methyl sites for hydroxylation is 1. The monoisotopic (exact) mass is 611 g/mol. The number of aromatic nitrogens is 2. The van der Waals surface area contributed by atoms with Crippen LogP contribution in [0.2, 0.25) is 5.02 Å². The number of carbonyl (C=O) groups is 1. The van der Waals surface area contributed by atoms with E-state index in [2.05, 4.69) is 20.6 Å². The van der Waals surface area contributed by atoms with E-state index in [0.717, 1.165) is 44.5 Å². The molecular weight excluding hydrogens is 583 g/mol. The molecule has 2 N–H and O–H groups in total. The van der Waals surface area contributed by atoms with Crippen molar-refractivity contribution in [1.29, 1.82) is 0 Å². The minimum Gasteiger partial charge on any atom is -0.456 e. The van der Waals surface area contributed by atoms with Gasteiger partial charge in [0.2, 0.25) is 0 Å². The van der Waals surface area contributed by atoms with Crippen LogP contribution in [-0.4, -0.2) is 46.8 Å². The molecule has 7 nitrogen and oxygen atoms in total.